The quantitative estimate of drug-likeness (QED) is 0.346. The smallest absolute Gasteiger partial charge is 0.232 e. The highest BCUT2D eigenvalue weighted by molar-refractivity contribution is 6.04. The molecule has 2 saturated heterocycles. The number of ketones is 1. The molecule has 1 amide bonds. The number of hydrogen-bond donors (Lipinski definition) is 1. The summed E-state index contributed by atoms with van der Waals surface area (Å²) in [5, 5.41) is 3.26. The van der Waals surface area contributed by atoms with E-state index in [4.69, 9.17) is 9.47 Å². The van der Waals surface area contributed by atoms with E-state index in [0.29, 0.717) is 24.4 Å². The van der Waals surface area contributed by atoms with E-state index < -0.39 is 11.5 Å². The minimum Gasteiger partial charge on any atom is -0.358 e. The van der Waals surface area contributed by atoms with Crippen molar-refractivity contribution < 1.29 is 19.1 Å². The van der Waals surface area contributed by atoms with E-state index in [1.54, 1.807) is 30.0 Å². The second-order valence-corrected chi connectivity index (χ2v) is 7.45. The Morgan fingerprint density at radius 2 is 2.07 bits per heavy atom. The van der Waals surface area contributed by atoms with E-state index in [2.05, 4.69) is 11.9 Å². The van der Waals surface area contributed by atoms with Gasteiger partial charge in [0.25, 0.3) is 0 Å². The van der Waals surface area contributed by atoms with Gasteiger partial charge in [0.15, 0.2) is 17.3 Å². The van der Waals surface area contributed by atoms with Gasteiger partial charge in [-0.3, -0.25) is 9.59 Å². The summed E-state index contributed by atoms with van der Waals surface area (Å²) in [6.07, 6.45) is 3.23. The lowest BCUT2D eigenvalue weighted by atomic mass is 9.86. The van der Waals surface area contributed by atoms with Crippen LogP contribution in [0.1, 0.15) is 31.1 Å². The zero-order valence-corrected chi connectivity index (χ0v) is 16.0. The normalized spacial score (nSPS) is 27.2. The van der Waals surface area contributed by atoms with Crippen molar-refractivity contribution in [1.82, 2.24) is 10.2 Å². The molecular formula is C21H26N2O4. The van der Waals surface area contributed by atoms with Gasteiger partial charge in [-0.05, 0) is 20.8 Å². The van der Waals surface area contributed by atoms with Crippen LogP contribution in [-0.4, -0.2) is 47.8 Å². The molecule has 2 aliphatic heterocycles. The molecule has 3 rings (SSSR count). The zero-order chi connectivity index (χ0) is 19.7. The van der Waals surface area contributed by atoms with E-state index in [1.807, 2.05) is 32.0 Å². The topological polar surface area (TPSA) is 67.9 Å². The Morgan fingerprint density at radius 1 is 1.37 bits per heavy atom. The molecule has 0 saturated carbocycles. The Kier molecular flexibility index (Phi) is 5.22. The van der Waals surface area contributed by atoms with Crippen LogP contribution in [0.3, 0.4) is 0 Å². The molecule has 2 fully saturated rings. The molecule has 0 aliphatic carbocycles. The number of allylic oxidation sites excluding steroid dienone is 2. The third-order valence-corrected chi connectivity index (χ3v) is 4.80. The van der Waals surface area contributed by atoms with Crippen molar-refractivity contribution in [3.63, 3.8) is 0 Å². The summed E-state index contributed by atoms with van der Waals surface area (Å²) in [6, 6.07) is 9.04. The van der Waals surface area contributed by atoms with Crippen molar-refractivity contribution >= 4 is 11.7 Å². The molecule has 2 heterocycles. The number of β-lactam (4-membered cyclic amide) rings is 1. The number of nitrogens with zero attached hydrogens (tertiary/aromatic N) is 1. The lowest BCUT2D eigenvalue weighted by Crippen LogP contribution is -2.68. The molecule has 0 spiro atoms. The van der Waals surface area contributed by atoms with Crippen LogP contribution in [0.5, 0.6) is 0 Å². The fourth-order valence-electron chi connectivity index (χ4n) is 3.51. The van der Waals surface area contributed by atoms with Crippen molar-refractivity contribution in [3.8, 4) is 0 Å². The summed E-state index contributed by atoms with van der Waals surface area (Å²) >= 11 is 0. The molecule has 0 bridgehead atoms. The monoisotopic (exact) mass is 370 g/mol. The van der Waals surface area contributed by atoms with Crippen LogP contribution in [0.2, 0.25) is 0 Å². The van der Waals surface area contributed by atoms with Gasteiger partial charge in [0.05, 0.1) is 6.61 Å². The van der Waals surface area contributed by atoms with Crippen molar-refractivity contribution in [1.29, 1.82) is 0 Å². The first-order valence-electron chi connectivity index (χ1n) is 9.06. The Hall–Kier alpha value is -2.44. The van der Waals surface area contributed by atoms with E-state index in [1.165, 1.54) is 6.08 Å². The predicted molar refractivity (Wildman–Crippen MR) is 102 cm³/mol. The van der Waals surface area contributed by atoms with Crippen molar-refractivity contribution in [2.45, 2.75) is 32.3 Å². The highest BCUT2D eigenvalue weighted by Gasteiger charge is 2.58. The number of carbonyl (C=O) groups excluding carboxylic acids is 2. The van der Waals surface area contributed by atoms with Gasteiger partial charge < -0.3 is 19.7 Å². The van der Waals surface area contributed by atoms with Gasteiger partial charge >= 0.3 is 0 Å². The number of amides is 1. The lowest BCUT2D eigenvalue weighted by Gasteiger charge is -2.47. The first kappa shape index (κ1) is 19.3. The summed E-state index contributed by atoms with van der Waals surface area (Å²) in [4.78, 5) is 26.7. The van der Waals surface area contributed by atoms with Crippen LogP contribution in [0.15, 0.2) is 54.8 Å². The van der Waals surface area contributed by atoms with E-state index in [0.717, 1.165) is 0 Å². The van der Waals surface area contributed by atoms with Gasteiger partial charge in [0.2, 0.25) is 5.91 Å². The molecule has 6 nitrogen and oxygen atoms in total. The minimum absolute atomic E-state index is 0.00844. The fourth-order valence-corrected chi connectivity index (χ4v) is 3.51. The number of hydrogen-bond acceptors (Lipinski definition) is 5. The van der Waals surface area contributed by atoms with Crippen LogP contribution >= 0.6 is 0 Å². The number of benzene rings is 1. The third-order valence-electron chi connectivity index (χ3n) is 4.80. The molecule has 1 N–H and O–H groups in total. The molecule has 2 aliphatic rings. The van der Waals surface area contributed by atoms with Crippen molar-refractivity contribution in [2.24, 2.45) is 5.92 Å². The first-order valence-corrected chi connectivity index (χ1v) is 9.06. The molecule has 6 heteroatoms. The number of carbonyl (C=O) groups is 2. The van der Waals surface area contributed by atoms with Gasteiger partial charge in [0.1, 0.15) is 5.92 Å². The van der Waals surface area contributed by atoms with Crippen LogP contribution in [0.25, 0.3) is 0 Å². The van der Waals surface area contributed by atoms with Crippen molar-refractivity contribution in [2.75, 3.05) is 19.7 Å². The van der Waals surface area contributed by atoms with Gasteiger partial charge in [-0.1, -0.05) is 36.4 Å². The SMILES string of the molecule is C=CCN1C[C@@H]([C@@]2(N/C(C)=C/C(=O)c3ccccc3)COC(C)(C)O2)C1=O. The second kappa shape index (κ2) is 7.29. The molecule has 27 heavy (non-hydrogen) atoms. The van der Waals surface area contributed by atoms with E-state index >= 15 is 0 Å². The molecule has 0 unspecified atom stereocenters. The molecule has 0 radical (unpaired) electrons. The van der Waals surface area contributed by atoms with Crippen LogP contribution in [0, 0.1) is 5.92 Å². The highest BCUT2D eigenvalue weighted by atomic mass is 16.8. The maximum Gasteiger partial charge on any atom is 0.232 e. The van der Waals surface area contributed by atoms with Gasteiger partial charge in [-0.15, -0.1) is 6.58 Å². The zero-order valence-electron chi connectivity index (χ0n) is 16.0. The first-order chi connectivity index (χ1) is 12.8. The number of rotatable bonds is 7. The summed E-state index contributed by atoms with van der Waals surface area (Å²) in [5.74, 6) is -1.31. The van der Waals surface area contributed by atoms with Gasteiger partial charge in [-0.2, -0.15) is 0 Å². The third kappa shape index (κ3) is 3.96. The second-order valence-electron chi connectivity index (χ2n) is 7.45. The van der Waals surface area contributed by atoms with E-state index in [-0.39, 0.29) is 24.2 Å². The molecule has 1 aromatic carbocycles. The molecule has 1 aromatic rings. The van der Waals surface area contributed by atoms with E-state index in [9.17, 15) is 9.59 Å². The Balaban J connectivity index is 1.79. The maximum absolute atomic E-state index is 12.6. The summed E-state index contributed by atoms with van der Waals surface area (Å²) in [7, 11) is 0. The van der Waals surface area contributed by atoms with Crippen LogP contribution < -0.4 is 5.32 Å². The standard InChI is InChI=1S/C21H26N2O4/c1-5-11-23-13-17(19(23)25)21(14-26-20(3,4)27-21)22-15(2)12-18(24)16-9-7-6-8-10-16/h5-10,12,17,22H,1,11,13-14H2,2-4H3/b15-12+/t17-,21-/m1/s1. The fraction of sp³-hybridized carbons (Fsp3) is 0.429. The Morgan fingerprint density at radius 3 is 2.63 bits per heavy atom. The van der Waals surface area contributed by atoms with Crippen LogP contribution in [0.4, 0.5) is 0 Å². The molecule has 0 aromatic heterocycles. The van der Waals surface area contributed by atoms with Gasteiger partial charge in [0, 0.05) is 30.4 Å². The van der Waals surface area contributed by atoms with Crippen molar-refractivity contribution in [3.05, 3.63) is 60.3 Å². The Bertz CT molecular complexity index is 772. The number of likely N-dealkylation sites (tertiary alicyclic amines) is 1. The Labute approximate surface area is 159 Å². The molecule has 144 valence electrons. The predicted octanol–water partition coefficient (Wildman–Crippen LogP) is 2.49. The summed E-state index contributed by atoms with van der Waals surface area (Å²) < 4.78 is 11.9. The maximum atomic E-state index is 12.6. The summed E-state index contributed by atoms with van der Waals surface area (Å²) in [6.45, 7) is 10.4. The highest BCUT2D eigenvalue weighted by Crippen LogP contribution is 2.39. The lowest BCUT2D eigenvalue weighted by molar-refractivity contribution is -0.198. The summed E-state index contributed by atoms with van der Waals surface area (Å²) in [5.41, 5.74) is 0.240. The van der Waals surface area contributed by atoms with Gasteiger partial charge in [-0.25, -0.2) is 0 Å². The average molecular weight is 370 g/mol. The number of ether oxygens (including phenoxy) is 2. The number of nitrogens with one attached hydrogen (secondary N) is 1. The van der Waals surface area contributed by atoms with Crippen LogP contribution in [-0.2, 0) is 14.3 Å². The molecular weight excluding hydrogens is 344 g/mol. The average Bonchev–Trinajstić information content (AvgIpc) is 2.93. The minimum atomic E-state index is -0.990. The molecule has 2 atom stereocenters. The largest absolute Gasteiger partial charge is 0.358 e.